The van der Waals surface area contributed by atoms with Gasteiger partial charge in [0.15, 0.2) is 0 Å². The summed E-state index contributed by atoms with van der Waals surface area (Å²) in [6, 6.07) is -2.07. The molecule has 8 nitrogen and oxygen atoms in total. The molecule has 1 saturated heterocycles. The van der Waals surface area contributed by atoms with E-state index in [-0.39, 0.29) is 13.0 Å². The van der Waals surface area contributed by atoms with Gasteiger partial charge in [0.05, 0.1) is 6.04 Å². The van der Waals surface area contributed by atoms with Gasteiger partial charge in [0, 0.05) is 11.5 Å². The molecule has 1 aliphatic heterocycles. The predicted molar refractivity (Wildman–Crippen MR) is 43.7 cm³/mol. The first-order valence-electron chi connectivity index (χ1n) is 3.84. The van der Waals surface area contributed by atoms with E-state index in [1.807, 2.05) is 0 Å². The van der Waals surface area contributed by atoms with Crippen LogP contribution in [0.25, 0.3) is 10.4 Å². The summed E-state index contributed by atoms with van der Waals surface area (Å²) in [5.41, 5.74) is 8.15. The summed E-state index contributed by atoms with van der Waals surface area (Å²) in [6.07, 6.45) is -1.07. The second-order valence-corrected chi connectivity index (χ2v) is 2.82. The van der Waals surface area contributed by atoms with Gasteiger partial charge in [0.2, 0.25) is 0 Å². The maximum atomic E-state index is 10.7. The minimum atomic E-state index is -1.31. The average Bonchev–Trinajstić information content (AvgIpc) is 2.48. The molecule has 14 heavy (non-hydrogen) atoms. The number of azide groups is 1. The number of amides is 1. The summed E-state index contributed by atoms with van der Waals surface area (Å²) in [6.45, 7) is 0.0794. The molecule has 0 aliphatic carbocycles. The largest absolute Gasteiger partial charge is 0.480 e. The highest BCUT2D eigenvalue weighted by atomic mass is 16.4. The molecule has 76 valence electrons. The zero-order valence-corrected chi connectivity index (χ0v) is 7.07. The summed E-state index contributed by atoms with van der Waals surface area (Å²) in [4.78, 5) is 24.6. The number of aliphatic carboxylic acids is 1. The SMILES string of the molecule is [N-]=[N+]=NC1CCN(C(=O)O)C1C(=O)O. The Bertz CT molecular complexity index is 301. The van der Waals surface area contributed by atoms with Gasteiger partial charge in [-0.2, -0.15) is 0 Å². The number of hydrogen-bond acceptors (Lipinski definition) is 3. The number of rotatable bonds is 2. The molecule has 1 fully saturated rings. The van der Waals surface area contributed by atoms with Gasteiger partial charge < -0.3 is 10.2 Å². The average molecular weight is 200 g/mol. The third kappa shape index (κ3) is 1.69. The second-order valence-electron chi connectivity index (χ2n) is 2.82. The van der Waals surface area contributed by atoms with Crippen LogP contribution in [0.1, 0.15) is 6.42 Å². The van der Waals surface area contributed by atoms with E-state index in [9.17, 15) is 9.59 Å². The van der Waals surface area contributed by atoms with E-state index in [1.54, 1.807) is 0 Å². The molecule has 0 aromatic heterocycles. The fourth-order valence-electron chi connectivity index (χ4n) is 1.48. The Morgan fingerprint density at radius 2 is 2.14 bits per heavy atom. The van der Waals surface area contributed by atoms with Crippen LogP contribution >= 0.6 is 0 Å². The van der Waals surface area contributed by atoms with Crippen LogP contribution in [0.4, 0.5) is 4.79 Å². The number of hydrogen-bond donors (Lipinski definition) is 2. The molecule has 0 aromatic carbocycles. The van der Waals surface area contributed by atoms with Crippen molar-refractivity contribution >= 4 is 12.1 Å². The minimum Gasteiger partial charge on any atom is -0.480 e. The maximum absolute atomic E-state index is 10.7. The Hall–Kier alpha value is -1.95. The number of carboxylic acids is 1. The summed E-state index contributed by atoms with van der Waals surface area (Å²) in [5.74, 6) is -1.29. The Morgan fingerprint density at radius 1 is 1.50 bits per heavy atom. The minimum absolute atomic E-state index is 0.0794. The fourth-order valence-corrected chi connectivity index (χ4v) is 1.48. The zero-order valence-electron chi connectivity index (χ0n) is 7.07. The topological polar surface area (TPSA) is 127 Å². The lowest BCUT2D eigenvalue weighted by Gasteiger charge is -2.19. The smallest absolute Gasteiger partial charge is 0.408 e. The number of carbonyl (C=O) groups is 2. The lowest BCUT2D eigenvalue weighted by molar-refractivity contribution is -0.141. The van der Waals surface area contributed by atoms with Crippen LogP contribution in [0.15, 0.2) is 5.11 Å². The van der Waals surface area contributed by atoms with E-state index in [0.717, 1.165) is 4.90 Å². The van der Waals surface area contributed by atoms with Gasteiger partial charge in [-0.25, -0.2) is 9.59 Å². The molecule has 0 aromatic rings. The van der Waals surface area contributed by atoms with Gasteiger partial charge in [0.25, 0.3) is 0 Å². The Labute approximate surface area is 78.4 Å². The van der Waals surface area contributed by atoms with Crippen LogP contribution in [0.2, 0.25) is 0 Å². The molecule has 2 atom stereocenters. The highest BCUT2D eigenvalue weighted by Crippen LogP contribution is 2.21. The Balaban J connectivity index is 2.90. The molecule has 1 aliphatic rings. The van der Waals surface area contributed by atoms with Crippen molar-refractivity contribution in [3.63, 3.8) is 0 Å². The molecule has 1 amide bonds. The molecule has 0 radical (unpaired) electrons. The zero-order chi connectivity index (χ0) is 10.7. The van der Waals surface area contributed by atoms with Gasteiger partial charge in [-0.05, 0) is 12.0 Å². The van der Waals surface area contributed by atoms with Crippen molar-refractivity contribution in [2.75, 3.05) is 6.54 Å². The van der Waals surface area contributed by atoms with Gasteiger partial charge in [-0.15, -0.1) is 0 Å². The fraction of sp³-hybridized carbons (Fsp3) is 0.667. The van der Waals surface area contributed by atoms with Gasteiger partial charge in [-0.3, -0.25) is 4.90 Å². The number of nitrogens with zero attached hydrogens (tertiary/aromatic N) is 4. The lowest BCUT2D eigenvalue weighted by Crippen LogP contribution is -2.43. The van der Waals surface area contributed by atoms with Crippen molar-refractivity contribution in [3.8, 4) is 0 Å². The monoisotopic (exact) mass is 200 g/mol. The second kappa shape index (κ2) is 3.84. The summed E-state index contributed by atoms with van der Waals surface area (Å²) in [5, 5.41) is 20.6. The van der Waals surface area contributed by atoms with Crippen molar-refractivity contribution in [2.24, 2.45) is 5.11 Å². The predicted octanol–water partition coefficient (Wildman–Crippen LogP) is 0.502. The van der Waals surface area contributed by atoms with E-state index in [2.05, 4.69) is 10.0 Å². The third-order valence-corrected chi connectivity index (χ3v) is 2.06. The van der Waals surface area contributed by atoms with Crippen molar-refractivity contribution in [1.82, 2.24) is 4.90 Å². The van der Waals surface area contributed by atoms with E-state index in [1.165, 1.54) is 0 Å². The van der Waals surface area contributed by atoms with Crippen molar-refractivity contribution in [1.29, 1.82) is 0 Å². The highest BCUT2D eigenvalue weighted by Gasteiger charge is 2.41. The van der Waals surface area contributed by atoms with Crippen LogP contribution < -0.4 is 0 Å². The first kappa shape index (κ1) is 10.1. The normalized spacial score (nSPS) is 25.6. The van der Waals surface area contributed by atoms with E-state index < -0.39 is 24.1 Å². The Kier molecular flexibility index (Phi) is 2.78. The quantitative estimate of drug-likeness (QED) is 0.382. The van der Waals surface area contributed by atoms with Crippen LogP contribution in [-0.4, -0.2) is 45.8 Å². The summed E-state index contributed by atoms with van der Waals surface area (Å²) < 4.78 is 0. The first-order valence-corrected chi connectivity index (χ1v) is 3.84. The summed E-state index contributed by atoms with van der Waals surface area (Å²) >= 11 is 0. The van der Waals surface area contributed by atoms with Crippen molar-refractivity contribution < 1.29 is 19.8 Å². The van der Waals surface area contributed by atoms with E-state index in [0.29, 0.717) is 0 Å². The molecular weight excluding hydrogens is 192 g/mol. The summed E-state index contributed by atoms with van der Waals surface area (Å²) in [7, 11) is 0. The standard InChI is InChI=1S/C6H8N4O4/c7-9-8-3-1-2-10(6(13)14)4(3)5(11)12/h3-4H,1-2H2,(H,11,12)(H,13,14). The van der Waals surface area contributed by atoms with Gasteiger partial charge in [-0.1, -0.05) is 5.11 Å². The van der Waals surface area contributed by atoms with Crippen molar-refractivity contribution in [3.05, 3.63) is 10.4 Å². The molecule has 8 heteroatoms. The molecule has 0 spiro atoms. The number of likely N-dealkylation sites (tertiary alicyclic amines) is 1. The van der Waals surface area contributed by atoms with Crippen LogP contribution in [0.3, 0.4) is 0 Å². The van der Waals surface area contributed by atoms with E-state index >= 15 is 0 Å². The molecule has 2 unspecified atom stereocenters. The van der Waals surface area contributed by atoms with E-state index in [4.69, 9.17) is 15.7 Å². The molecule has 0 bridgehead atoms. The highest BCUT2D eigenvalue weighted by molar-refractivity contribution is 5.81. The molecule has 1 heterocycles. The Morgan fingerprint density at radius 3 is 2.57 bits per heavy atom. The maximum Gasteiger partial charge on any atom is 0.408 e. The molecule has 2 N–H and O–H groups in total. The van der Waals surface area contributed by atoms with Crippen LogP contribution in [-0.2, 0) is 4.79 Å². The molecule has 0 saturated carbocycles. The lowest BCUT2D eigenvalue weighted by atomic mass is 10.1. The van der Waals surface area contributed by atoms with Gasteiger partial charge in [0.1, 0.15) is 6.04 Å². The van der Waals surface area contributed by atoms with Crippen LogP contribution in [0.5, 0.6) is 0 Å². The molecule has 1 rings (SSSR count). The first-order chi connectivity index (χ1) is 6.57. The third-order valence-electron chi connectivity index (χ3n) is 2.06. The molecular formula is C6H8N4O4. The van der Waals surface area contributed by atoms with Crippen LogP contribution in [0, 0.1) is 0 Å². The van der Waals surface area contributed by atoms with Crippen molar-refractivity contribution in [2.45, 2.75) is 18.5 Å². The van der Waals surface area contributed by atoms with Gasteiger partial charge >= 0.3 is 12.1 Å². The number of carboxylic acid groups (broad SMARTS) is 2.